The van der Waals surface area contributed by atoms with Gasteiger partial charge in [-0.3, -0.25) is 0 Å². The minimum Gasteiger partial charge on any atom is -0.393 e. The number of piperidine rings is 1. The van der Waals surface area contributed by atoms with E-state index in [0.717, 1.165) is 48.9 Å². The topological polar surface area (TPSA) is 43.7 Å². The molecule has 3 nitrogen and oxygen atoms in total. The lowest BCUT2D eigenvalue weighted by atomic mass is 9.92. The molecule has 2 atom stereocenters. The van der Waals surface area contributed by atoms with Crippen LogP contribution in [0.4, 0.5) is 0 Å². The Morgan fingerprint density at radius 2 is 1.80 bits per heavy atom. The molecule has 1 aromatic rings. The van der Waals surface area contributed by atoms with Gasteiger partial charge in [0.15, 0.2) is 0 Å². The Balaban J connectivity index is 1.74. The molecule has 2 N–H and O–H groups in total. The zero-order chi connectivity index (χ0) is 14.5. The van der Waals surface area contributed by atoms with Crippen molar-refractivity contribution in [3.05, 3.63) is 34.3 Å². The molecular formula is C16H24BrNO2. The van der Waals surface area contributed by atoms with Crippen LogP contribution in [0.2, 0.25) is 0 Å². The number of hydrogen-bond acceptors (Lipinski definition) is 3. The first kappa shape index (κ1) is 16.0. The Labute approximate surface area is 129 Å². The predicted octanol–water partition coefficient (Wildman–Crippen LogP) is 2.97. The molecule has 2 rings (SSSR count). The van der Waals surface area contributed by atoms with Crippen molar-refractivity contribution in [3.8, 4) is 0 Å². The Morgan fingerprint density at radius 3 is 2.35 bits per heavy atom. The summed E-state index contributed by atoms with van der Waals surface area (Å²) in [5.41, 5.74) is 0.979. The fourth-order valence-electron chi connectivity index (χ4n) is 2.82. The number of rotatable bonds is 5. The van der Waals surface area contributed by atoms with E-state index in [0.29, 0.717) is 5.92 Å². The second kappa shape index (κ2) is 7.55. The van der Waals surface area contributed by atoms with Crippen molar-refractivity contribution in [1.29, 1.82) is 0 Å². The number of aliphatic hydroxyl groups is 2. The van der Waals surface area contributed by atoms with Crippen LogP contribution >= 0.6 is 15.9 Å². The first-order chi connectivity index (χ1) is 9.56. The zero-order valence-electron chi connectivity index (χ0n) is 12.0. The maximum absolute atomic E-state index is 10.2. The molecule has 1 aromatic carbocycles. The lowest BCUT2D eigenvalue weighted by Crippen LogP contribution is -2.37. The minimum atomic E-state index is -0.391. The van der Waals surface area contributed by atoms with E-state index >= 15 is 0 Å². The summed E-state index contributed by atoms with van der Waals surface area (Å²) in [6.07, 6.45) is 2.31. The second-order valence-electron chi connectivity index (χ2n) is 5.78. The van der Waals surface area contributed by atoms with Crippen LogP contribution < -0.4 is 0 Å². The van der Waals surface area contributed by atoms with Gasteiger partial charge in [-0.05, 0) is 62.9 Å². The molecule has 20 heavy (non-hydrogen) atoms. The summed E-state index contributed by atoms with van der Waals surface area (Å²) in [6, 6.07) is 7.86. The van der Waals surface area contributed by atoms with Crippen molar-refractivity contribution < 1.29 is 10.2 Å². The minimum absolute atomic E-state index is 0.189. The molecule has 1 aliphatic rings. The van der Waals surface area contributed by atoms with Crippen LogP contribution in [-0.2, 0) is 0 Å². The number of nitrogens with zero attached hydrogens (tertiary/aromatic N) is 1. The summed E-state index contributed by atoms with van der Waals surface area (Å²) in [6.45, 7) is 4.87. The smallest absolute Gasteiger partial charge is 0.0802 e. The van der Waals surface area contributed by atoms with Crippen molar-refractivity contribution in [3.63, 3.8) is 0 Å². The van der Waals surface area contributed by atoms with Gasteiger partial charge in [0.1, 0.15) is 0 Å². The lowest BCUT2D eigenvalue weighted by Gasteiger charge is -2.33. The van der Waals surface area contributed by atoms with E-state index in [-0.39, 0.29) is 6.10 Å². The molecular weight excluding hydrogens is 318 g/mol. The van der Waals surface area contributed by atoms with Gasteiger partial charge >= 0.3 is 0 Å². The monoisotopic (exact) mass is 341 g/mol. The van der Waals surface area contributed by atoms with Crippen LogP contribution in [0.1, 0.15) is 37.9 Å². The molecule has 0 amide bonds. The zero-order valence-corrected chi connectivity index (χ0v) is 13.6. The maximum Gasteiger partial charge on any atom is 0.0802 e. The molecule has 1 fully saturated rings. The number of benzene rings is 1. The van der Waals surface area contributed by atoms with Crippen LogP contribution in [-0.4, -0.2) is 40.9 Å². The van der Waals surface area contributed by atoms with Crippen LogP contribution in [0.25, 0.3) is 0 Å². The molecule has 0 radical (unpaired) electrons. The first-order valence-corrected chi connectivity index (χ1v) is 8.19. The van der Waals surface area contributed by atoms with E-state index < -0.39 is 6.10 Å². The van der Waals surface area contributed by atoms with Gasteiger partial charge in [-0.2, -0.15) is 0 Å². The standard InChI is InChI=1S/C16H24BrNO2/c1-12(19)13-6-9-18(10-7-13)11-8-16(20)14-2-4-15(17)5-3-14/h2-5,12-13,16,19-20H,6-11H2,1H3. The van der Waals surface area contributed by atoms with Gasteiger partial charge in [0, 0.05) is 11.0 Å². The fraction of sp³-hybridized carbons (Fsp3) is 0.625. The molecule has 0 saturated carbocycles. The SMILES string of the molecule is CC(O)C1CCN(CCC(O)c2ccc(Br)cc2)CC1. The lowest BCUT2D eigenvalue weighted by molar-refractivity contribution is 0.0641. The van der Waals surface area contributed by atoms with Gasteiger partial charge in [0.25, 0.3) is 0 Å². The van der Waals surface area contributed by atoms with E-state index in [1.165, 1.54) is 0 Å². The van der Waals surface area contributed by atoms with Gasteiger partial charge < -0.3 is 15.1 Å². The van der Waals surface area contributed by atoms with Crippen LogP contribution in [0.5, 0.6) is 0 Å². The molecule has 1 saturated heterocycles. The number of aliphatic hydroxyl groups excluding tert-OH is 2. The highest BCUT2D eigenvalue weighted by Crippen LogP contribution is 2.23. The molecule has 1 aliphatic heterocycles. The van der Waals surface area contributed by atoms with Crippen molar-refractivity contribution in [2.75, 3.05) is 19.6 Å². The molecule has 0 aliphatic carbocycles. The van der Waals surface area contributed by atoms with Crippen molar-refractivity contribution in [1.82, 2.24) is 4.90 Å². The van der Waals surface area contributed by atoms with Gasteiger partial charge in [0.2, 0.25) is 0 Å². The Hall–Kier alpha value is -0.420. The third-order valence-corrected chi connectivity index (χ3v) is 4.82. The van der Waals surface area contributed by atoms with Gasteiger partial charge in [-0.1, -0.05) is 28.1 Å². The summed E-state index contributed by atoms with van der Waals surface area (Å²) in [4.78, 5) is 2.39. The Bertz CT molecular complexity index is 399. The molecule has 112 valence electrons. The summed E-state index contributed by atoms with van der Waals surface area (Å²) in [5, 5.41) is 19.8. The first-order valence-electron chi connectivity index (χ1n) is 7.40. The summed E-state index contributed by atoms with van der Waals surface area (Å²) < 4.78 is 1.04. The van der Waals surface area contributed by atoms with E-state index in [9.17, 15) is 10.2 Å². The fourth-order valence-corrected chi connectivity index (χ4v) is 3.08. The molecule has 4 heteroatoms. The van der Waals surface area contributed by atoms with Crippen LogP contribution in [0, 0.1) is 5.92 Å². The highest BCUT2D eigenvalue weighted by Gasteiger charge is 2.22. The van der Waals surface area contributed by atoms with Crippen molar-refractivity contribution >= 4 is 15.9 Å². The van der Waals surface area contributed by atoms with E-state index in [4.69, 9.17) is 0 Å². The van der Waals surface area contributed by atoms with Gasteiger partial charge in [0.05, 0.1) is 12.2 Å². The predicted molar refractivity (Wildman–Crippen MR) is 84.6 cm³/mol. The summed E-state index contributed by atoms with van der Waals surface area (Å²) in [7, 11) is 0. The van der Waals surface area contributed by atoms with Crippen molar-refractivity contribution in [2.24, 2.45) is 5.92 Å². The number of halogens is 1. The highest BCUT2D eigenvalue weighted by atomic mass is 79.9. The van der Waals surface area contributed by atoms with E-state index in [1.54, 1.807) is 0 Å². The molecule has 0 spiro atoms. The Morgan fingerprint density at radius 1 is 1.20 bits per heavy atom. The number of likely N-dealkylation sites (tertiary alicyclic amines) is 1. The average Bonchev–Trinajstić information content (AvgIpc) is 2.46. The van der Waals surface area contributed by atoms with Gasteiger partial charge in [-0.25, -0.2) is 0 Å². The quantitative estimate of drug-likeness (QED) is 0.865. The normalized spacial score (nSPS) is 20.8. The average molecular weight is 342 g/mol. The third kappa shape index (κ3) is 4.55. The molecule has 1 heterocycles. The molecule has 2 unspecified atom stereocenters. The van der Waals surface area contributed by atoms with Gasteiger partial charge in [-0.15, -0.1) is 0 Å². The molecule has 0 bridgehead atoms. The highest BCUT2D eigenvalue weighted by molar-refractivity contribution is 9.10. The largest absolute Gasteiger partial charge is 0.393 e. The summed E-state index contributed by atoms with van der Waals surface area (Å²) in [5.74, 6) is 0.447. The van der Waals surface area contributed by atoms with Crippen LogP contribution in [0.3, 0.4) is 0 Å². The number of hydrogen-bond donors (Lipinski definition) is 2. The van der Waals surface area contributed by atoms with E-state index in [1.807, 2.05) is 31.2 Å². The Kier molecular flexibility index (Phi) is 6.02. The third-order valence-electron chi connectivity index (χ3n) is 4.29. The second-order valence-corrected chi connectivity index (χ2v) is 6.69. The van der Waals surface area contributed by atoms with Crippen LogP contribution in [0.15, 0.2) is 28.7 Å². The summed E-state index contributed by atoms with van der Waals surface area (Å²) >= 11 is 3.40. The van der Waals surface area contributed by atoms with E-state index in [2.05, 4.69) is 20.8 Å². The molecule has 0 aromatic heterocycles. The van der Waals surface area contributed by atoms with Crippen molar-refractivity contribution in [2.45, 2.75) is 38.4 Å². The maximum atomic E-state index is 10.2.